The zero-order valence-corrected chi connectivity index (χ0v) is 21.6. The van der Waals surface area contributed by atoms with Gasteiger partial charge in [0.2, 0.25) is 1.43 Å². The molecule has 0 aromatic rings. The Morgan fingerprint density at radius 1 is 1.45 bits per heavy atom. The summed E-state index contributed by atoms with van der Waals surface area (Å²) in [6.45, 7) is 7.39. The number of nitrogens with two attached hydrogens (primary N) is 1. The molecule has 6 nitrogen and oxygen atoms in total. The molecule has 2 amide bonds. The van der Waals surface area contributed by atoms with Crippen LogP contribution in [-0.2, 0) is 21.3 Å². The predicted octanol–water partition coefficient (Wildman–Crippen LogP) is 5.14. The van der Waals surface area contributed by atoms with Gasteiger partial charge in [0.15, 0.2) is 5.79 Å². The van der Waals surface area contributed by atoms with Crippen molar-refractivity contribution < 1.29 is 19.4 Å². The molecule has 2 atom stereocenters. The summed E-state index contributed by atoms with van der Waals surface area (Å²) in [5.41, 5.74) is 6.62. The van der Waals surface area contributed by atoms with E-state index in [4.69, 9.17) is 16.6 Å². The number of allylic oxidation sites excluding steroid dienone is 3. The van der Waals surface area contributed by atoms with E-state index in [2.05, 4.69) is 64.2 Å². The Kier molecular flexibility index (Phi) is 16.3. The number of nitrogens with one attached hydrogen (secondary N) is 1. The summed E-state index contributed by atoms with van der Waals surface area (Å²) in [7, 11) is 0. The lowest BCUT2D eigenvalue weighted by Crippen LogP contribution is -2.48. The number of aliphatic hydroxyl groups is 1. The van der Waals surface area contributed by atoms with Gasteiger partial charge in [-0.1, -0.05) is 30.7 Å². The minimum atomic E-state index is -0.718. The topological polar surface area (TPSA) is 93.8 Å². The van der Waals surface area contributed by atoms with E-state index in [0.717, 1.165) is 37.1 Å². The number of urea groups is 1. The normalized spacial score (nSPS) is 18.3. The van der Waals surface area contributed by atoms with Crippen molar-refractivity contribution in [3.63, 3.8) is 0 Å². The molecule has 0 bridgehead atoms. The van der Waals surface area contributed by atoms with E-state index in [0.29, 0.717) is 26.1 Å². The second-order valence-electron chi connectivity index (χ2n) is 7.21. The van der Waals surface area contributed by atoms with Gasteiger partial charge < -0.3 is 25.6 Å². The Morgan fingerprint density at radius 3 is 2.62 bits per heavy atom. The first-order valence-electron chi connectivity index (χ1n) is 10.4. The maximum Gasteiger partial charge on any atom is 0.312 e. The van der Waals surface area contributed by atoms with Crippen molar-refractivity contribution >= 4 is 44.9 Å². The van der Waals surface area contributed by atoms with Crippen molar-refractivity contribution in [2.75, 3.05) is 13.2 Å². The van der Waals surface area contributed by atoms with Crippen LogP contribution >= 0.6 is 27.0 Å². The SMILES string of the molecule is S=PI.[3H]OC(/C=C\CCC1(C[C@H](CCC=C(C)C)NC(N)=O)OCCCO1)CC. The zero-order chi connectivity index (χ0) is 22.8. The molecule has 9 heteroatoms. The molecule has 1 fully saturated rings. The molecule has 29 heavy (non-hydrogen) atoms. The summed E-state index contributed by atoms with van der Waals surface area (Å²) in [5.74, 6) is -0.718. The summed E-state index contributed by atoms with van der Waals surface area (Å²) in [6.07, 6.45) is 11.1. The van der Waals surface area contributed by atoms with Crippen LogP contribution in [0.25, 0.3) is 0 Å². The maximum absolute atomic E-state index is 11.4. The molecule has 0 aliphatic carbocycles. The second-order valence-corrected chi connectivity index (χ2v) is 11.3. The molecule has 1 saturated heterocycles. The van der Waals surface area contributed by atoms with Gasteiger partial charge in [-0.05, 0) is 79.8 Å². The van der Waals surface area contributed by atoms with Crippen LogP contribution < -0.4 is 11.1 Å². The minimum absolute atomic E-state index is 0.111. The third-order valence-corrected chi connectivity index (χ3v) is 4.44. The van der Waals surface area contributed by atoms with Crippen molar-refractivity contribution in [1.82, 2.24) is 5.32 Å². The first-order valence-corrected chi connectivity index (χ1v) is 14.7. The van der Waals surface area contributed by atoms with E-state index in [1.807, 2.05) is 19.1 Å². The van der Waals surface area contributed by atoms with E-state index in [1.54, 1.807) is 0 Å². The number of carbonyl (C=O) groups excluding carboxylic acids is 1. The number of ether oxygens (including phenoxy) is 2. The molecule has 1 aliphatic rings. The molecule has 1 heterocycles. The highest BCUT2D eigenvalue weighted by molar-refractivity contribution is 14.2. The molecule has 1 unspecified atom stereocenters. The highest BCUT2D eigenvalue weighted by Gasteiger charge is 2.36. The summed E-state index contributed by atoms with van der Waals surface area (Å²) in [4.78, 5) is 12.4. The minimum Gasteiger partial charge on any atom is -0.389 e. The number of rotatable bonds is 12. The van der Waals surface area contributed by atoms with Crippen molar-refractivity contribution in [3.8, 4) is 0 Å². The predicted molar refractivity (Wildman–Crippen MR) is 132 cm³/mol. The fraction of sp³-hybridized carbons (Fsp3) is 0.750. The van der Waals surface area contributed by atoms with E-state index >= 15 is 0 Å². The molecule has 168 valence electrons. The number of aliphatic hydroxyl groups excluding tert-OH is 1. The van der Waals surface area contributed by atoms with Gasteiger partial charge in [-0.25, -0.2) is 4.79 Å². The second kappa shape index (κ2) is 17.5. The molecule has 0 aromatic carbocycles. The Labute approximate surface area is 196 Å². The summed E-state index contributed by atoms with van der Waals surface area (Å²) in [5, 5.41) is 7.46. The molecule has 0 spiro atoms. The average molecular weight is 560 g/mol. The van der Waals surface area contributed by atoms with Crippen LogP contribution in [0.4, 0.5) is 4.79 Å². The van der Waals surface area contributed by atoms with Crippen LogP contribution in [0.2, 0.25) is 0 Å². The molecular weight excluding hydrogens is 522 g/mol. The van der Waals surface area contributed by atoms with Crippen LogP contribution in [0.5, 0.6) is 0 Å². The van der Waals surface area contributed by atoms with Gasteiger partial charge in [0.25, 0.3) is 0 Å². The first-order chi connectivity index (χ1) is 14.3. The van der Waals surface area contributed by atoms with E-state index in [9.17, 15) is 4.79 Å². The lowest BCUT2D eigenvalue weighted by atomic mass is 9.96. The van der Waals surface area contributed by atoms with E-state index < -0.39 is 11.8 Å². The fourth-order valence-corrected chi connectivity index (χ4v) is 3.04. The van der Waals surface area contributed by atoms with Crippen LogP contribution in [0, 0.1) is 0 Å². The highest BCUT2D eigenvalue weighted by Crippen LogP contribution is 2.31. The molecular formula is C20H36IN2O4PS. The smallest absolute Gasteiger partial charge is 0.312 e. The lowest BCUT2D eigenvalue weighted by molar-refractivity contribution is -0.275. The monoisotopic (exact) mass is 560 g/mol. The van der Waals surface area contributed by atoms with E-state index in [-0.39, 0.29) is 12.1 Å². The molecule has 1 aliphatic heterocycles. The Bertz CT molecular complexity index is 541. The Hall–Kier alpha value is -0.120. The number of hydrogen-bond donors (Lipinski definition) is 3. The Morgan fingerprint density at radius 2 is 2.10 bits per heavy atom. The zero-order valence-electron chi connectivity index (χ0n) is 18.7. The number of amides is 2. The highest BCUT2D eigenvalue weighted by atomic mass is 127. The number of hydrogen-bond acceptors (Lipinski definition) is 5. The number of primary amides is 1. The average Bonchev–Trinajstić information content (AvgIpc) is 2.68. The van der Waals surface area contributed by atoms with Crippen molar-refractivity contribution in [2.45, 2.75) is 83.6 Å². The van der Waals surface area contributed by atoms with Gasteiger partial charge in [0.1, 0.15) is 0 Å². The van der Waals surface area contributed by atoms with Gasteiger partial charge in [0.05, 0.1) is 19.3 Å². The van der Waals surface area contributed by atoms with Gasteiger partial charge >= 0.3 is 6.03 Å². The summed E-state index contributed by atoms with van der Waals surface area (Å²) < 4.78 is 19.1. The quantitative estimate of drug-likeness (QED) is 0.175. The van der Waals surface area contributed by atoms with E-state index in [1.165, 1.54) is 5.57 Å². The number of carbonyl (C=O) groups is 1. The van der Waals surface area contributed by atoms with Crippen LogP contribution in [0.3, 0.4) is 0 Å². The first kappa shape index (κ1) is 26.9. The van der Waals surface area contributed by atoms with Crippen molar-refractivity contribution in [2.24, 2.45) is 5.73 Å². The van der Waals surface area contributed by atoms with Crippen LogP contribution in [-0.4, -0.2) is 43.7 Å². The lowest BCUT2D eigenvalue weighted by Gasteiger charge is -2.39. The Balaban J connectivity index is 0.00000263. The van der Waals surface area contributed by atoms with Crippen molar-refractivity contribution in [1.29, 1.82) is 1.43 Å². The third-order valence-electron chi connectivity index (χ3n) is 4.44. The van der Waals surface area contributed by atoms with Crippen LogP contribution in [0.15, 0.2) is 23.8 Å². The molecule has 0 saturated carbocycles. The van der Waals surface area contributed by atoms with Gasteiger partial charge in [-0.15, -0.1) is 0 Å². The van der Waals surface area contributed by atoms with Gasteiger partial charge in [-0.3, -0.25) is 0 Å². The standard InChI is InChI=1S/C20H36N2O4.IPS/c1-4-18(23)11-5-6-12-20(25-13-8-14-26-20)15-17(22-19(21)24)10-7-9-16(2)3;1-2-3/h5,9,11,17-18,23H,4,6-8,10,12-15H2,1-3H3,(H3,21,22,24);/b11-5-;/t17-,18?;/m0./s1/i23T;. The third kappa shape index (κ3) is 15.3. The molecule has 0 aromatic heterocycles. The largest absolute Gasteiger partial charge is 0.389 e. The maximum atomic E-state index is 11.4. The van der Waals surface area contributed by atoms with Gasteiger partial charge in [0, 0.05) is 23.9 Å². The van der Waals surface area contributed by atoms with Gasteiger partial charge in [-0.2, -0.15) is 0 Å². The summed E-state index contributed by atoms with van der Waals surface area (Å²) >= 11 is 6.43. The molecule has 0 radical (unpaired) electrons. The molecule has 1 rings (SSSR count). The van der Waals surface area contributed by atoms with Crippen LogP contribution in [0.1, 0.15) is 65.7 Å². The fourth-order valence-electron chi connectivity index (χ4n) is 3.04. The number of halogens is 1. The molecule has 4 N–H and O–H groups in total. The summed E-state index contributed by atoms with van der Waals surface area (Å²) in [6, 6.07) is -0.637. The van der Waals surface area contributed by atoms with Crippen molar-refractivity contribution in [3.05, 3.63) is 23.8 Å².